The zero-order valence-electron chi connectivity index (χ0n) is 67.8. The molecule has 6 heteroatoms. The van der Waals surface area contributed by atoms with E-state index in [0.29, 0.717) is 28.3 Å². The molecular weight excluding hydrogens is 1230 g/mol. The Morgan fingerprint density at radius 3 is 1.14 bits per heavy atom. The molecule has 0 bridgehead atoms. The second kappa shape index (κ2) is 24.2. The Labute approximate surface area is 611 Å². The Hall–Kier alpha value is -13.4. The maximum absolute atomic E-state index is 10.1. The van der Waals surface area contributed by atoms with Crippen LogP contribution in [0, 0.1) is 0 Å². The van der Waals surface area contributed by atoms with Crippen LogP contribution in [0.1, 0.15) is 17.8 Å². The summed E-state index contributed by atoms with van der Waals surface area (Å²) in [6.45, 7) is -0.708. The van der Waals surface area contributed by atoms with Crippen LogP contribution < -0.4 is 31.1 Å². The van der Waals surface area contributed by atoms with E-state index in [1.165, 1.54) is 0 Å². The molecule has 102 heavy (non-hydrogen) atoms. The monoisotopic (exact) mass is 1310 g/mol. The lowest BCUT2D eigenvalue weighted by Crippen LogP contribution is -2.61. The summed E-state index contributed by atoms with van der Waals surface area (Å²) in [6.07, 6.45) is 0. The molecule has 476 valence electrons. The van der Waals surface area contributed by atoms with Crippen LogP contribution in [-0.2, 0) is 0 Å². The third-order valence-corrected chi connectivity index (χ3v) is 20.1. The third kappa shape index (κ3) is 9.79. The van der Waals surface area contributed by atoms with E-state index in [1.807, 2.05) is 121 Å². The van der Waals surface area contributed by atoms with Gasteiger partial charge in [0.1, 0.15) is 0 Å². The average Bonchev–Trinajstić information content (AvgIpc) is 1.42. The SMILES string of the molecule is [2H]c1c([2H])c([2H])c(-c2ccc3c(c2)N(c2cc(-c4ccccc4)cc(-c4ccccc4)c2)c2cc(-n4c5c([2H])c([2H])c([2H])c([2H])c5c5c([2H])c([2H])c([2H])c([2H])c54)cc4c2B3c2ccc(N(c3ccccc3)c3ccc(-n5c6ccccc6c6ccccc65)cc3)cc2N4c2cc(-c3ccccc3)cc(-c3ccccc3)c2)c([2H])c1[2H]. The lowest BCUT2D eigenvalue weighted by molar-refractivity contribution is 1.16. The molecule has 0 saturated carbocycles. The van der Waals surface area contributed by atoms with Gasteiger partial charge in [0.25, 0.3) is 6.71 Å². The number of rotatable bonds is 12. The van der Waals surface area contributed by atoms with E-state index < -0.39 is 73.2 Å². The average molecular weight is 1310 g/mol. The lowest BCUT2D eigenvalue weighted by atomic mass is 9.33. The van der Waals surface area contributed by atoms with Crippen molar-refractivity contribution in [2.24, 2.45) is 0 Å². The van der Waals surface area contributed by atoms with Crippen molar-refractivity contribution >= 4 is 118 Å². The Kier molecular flexibility index (Phi) is 11.1. The minimum Gasteiger partial charge on any atom is -0.311 e. The van der Waals surface area contributed by atoms with Crippen molar-refractivity contribution in [2.45, 2.75) is 0 Å². The van der Waals surface area contributed by atoms with Gasteiger partial charge in [-0.2, -0.15) is 0 Å². The van der Waals surface area contributed by atoms with E-state index in [0.717, 1.165) is 117 Å². The van der Waals surface area contributed by atoms with Crippen LogP contribution >= 0.6 is 0 Å². The number of aromatic nitrogens is 2. The van der Waals surface area contributed by atoms with E-state index in [2.05, 4.69) is 207 Å². The number of hydrogen-bond acceptors (Lipinski definition) is 3. The van der Waals surface area contributed by atoms with Gasteiger partial charge in [0, 0.05) is 78.4 Å². The fourth-order valence-electron chi connectivity index (χ4n) is 15.7. The van der Waals surface area contributed by atoms with Gasteiger partial charge in [-0.25, -0.2) is 0 Å². The molecule has 0 fully saturated rings. The highest BCUT2D eigenvalue weighted by atomic mass is 15.2. The molecule has 18 aromatic rings. The number of fused-ring (bicyclic) bond motifs is 10. The van der Waals surface area contributed by atoms with Gasteiger partial charge in [-0.3, -0.25) is 0 Å². The summed E-state index contributed by atoms with van der Waals surface area (Å²) < 4.78 is 127. The quantitative estimate of drug-likeness (QED) is 0.114. The van der Waals surface area contributed by atoms with Crippen LogP contribution in [0.3, 0.4) is 0 Å². The highest BCUT2D eigenvalue weighted by Gasteiger charge is 2.45. The van der Waals surface area contributed by atoms with Crippen LogP contribution in [0.5, 0.6) is 0 Å². The van der Waals surface area contributed by atoms with Crippen molar-refractivity contribution in [2.75, 3.05) is 14.7 Å². The summed E-state index contributed by atoms with van der Waals surface area (Å²) in [5.74, 6) is 0. The lowest BCUT2D eigenvalue weighted by Gasteiger charge is -2.45. The van der Waals surface area contributed by atoms with Crippen LogP contribution in [0.2, 0.25) is 0 Å². The number of benzene rings is 16. The van der Waals surface area contributed by atoms with Gasteiger partial charge in [0.05, 0.1) is 45.6 Å². The van der Waals surface area contributed by atoms with Crippen molar-refractivity contribution < 1.29 is 17.8 Å². The molecule has 4 heterocycles. The van der Waals surface area contributed by atoms with Crippen LogP contribution in [0.15, 0.2) is 388 Å². The van der Waals surface area contributed by atoms with Crippen LogP contribution in [0.25, 0.3) is 111 Å². The first-order valence-corrected chi connectivity index (χ1v) is 34.1. The van der Waals surface area contributed by atoms with Crippen LogP contribution in [-0.4, -0.2) is 15.8 Å². The molecule has 20 rings (SSSR count). The summed E-state index contributed by atoms with van der Waals surface area (Å²) >= 11 is 0. The van der Waals surface area contributed by atoms with E-state index >= 15 is 0 Å². The predicted molar refractivity (Wildman–Crippen MR) is 431 cm³/mol. The molecule has 16 aromatic carbocycles. The van der Waals surface area contributed by atoms with Crippen molar-refractivity contribution in [1.29, 1.82) is 0 Å². The topological polar surface area (TPSA) is 19.6 Å². The molecule has 5 nitrogen and oxygen atoms in total. The molecule has 0 spiro atoms. The smallest absolute Gasteiger partial charge is 0.252 e. The molecule has 0 aliphatic carbocycles. The Morgan fingerprint density at radius 1 is 0.235 bits per heavy atom. The molecule has 0 radical (unpaired) electrons. The summed E-state index contributed by atoms with van der Waals surface area (Å²) in [5.41, 5.74) is 19.4. The molecule has 0 unspecified atom stereocenters. The largest absolute Gasteiger partial charge is 0.311 e. The molecule has 2 aromatic heterocycles. The third-order valence-electron chi connectivity index (χ3n) is 20.1. The molecule has 0 N–H and O–H groups in total. The van der Waals surface area contributed by atoms with Gasteiger partial charge in [-0.1, -0.05) is 261 Å². The maximum Gasteiger partial charge on any atom is 0.252 e. The van der Waals surface area contributed by atoms with Gasteiger partial charge in [-0.05, 0) is 199 Å². The normalized spacial score (nSPS) is 14.0. The van der Waals surface area contributed by atoms with Crippen LogP contribution in [0.4, 0.5) is 51.2 Å². The standard InChI is InChI=1S/C96H64BN5/c1-7-27-65(28-8-1)70-47-53-86-92(61-70)101(79-57-71(66-29-9-2-10-30-66)55-72(58-79)67-31-11-3-12-32-67)94-63-81(100-90-45-25-21-41-84(90)85-42-22-26-46-91(85)100)64-95-96(94)97(86)87-54-52-78(62-93(87)102(95)80-59-73(68-33-13-4-14-34-68)56-74(60-80)69-35-15-5-16-36-69)98(75-37-17-6-18-38-75)76-48-50-77(51-49-76)99-88-43-23-19-39-82(88)83-40-20-24-44-89(83)99/h1-64H/i1D,7D,8D,21D,22D,25D,26D,27D,28D,41D,42D,45D,46D. The molecule has 2 aliphatic heterocycles. The number of hydrogen-bond donors (Lipinski definition) is 0. The summed E-state index contributed by atoms with van der Waals surface area (Å²) in [4.78, 5) is 6.65. The zero-order chi connectivity index (χ0) is 78.5. The first-order valence-electron chi connectivity index (χ1n) is 40.6. The maximum atomic E-state index is 10.1. The second-order valence-corrected chi connectivity index (χ2v) is 25.9. The number of para-hydroxylation sites is 5. The van der Waals surface area contributed by atoms with Crippen molar-refractivity contribution in [3.05, 3.63) is 388 Å². The van der Waals surface area contributed by atoms with E-state index in [9.17, 15) is 13.7 Å². The predicted octanol–water partition coefficient (Wildman–Crippen LogP) is 23.8. The van der Waals surface area contributed by atoms with Gasteiger partial charge < -0.3 is 23.8 Å². The molecule has 0 saturated heterocycles. The van der Waals surface area contributed by atoms with E-state index in [4.69, 9.17) is 4.11 Å². The molecule has 2 aliphatic rings. The minimum atomic E-state index is -0.708. The fourth-order valence-corrected chi connectivity index (χ4v) is 15.7. The highest BCUT2D eigenvalue weighted by molar-refractivity contribution is 7.00. The number of anilines is 9. The van der Waals surface area contributed by atoms with Gasteiger partial charge >= 0.3 is 0 Å². The fraction of sp³-hybridized carbons (Fsp3) is 0. The molecular formula is C96H64BN5. The summed E-state index contributed by atoms with van der Waals surface area (Å²) in [7, 11) is 0. The highest BCUT2D eigenvalue weighted by Crippen LogP contribution is 2.51. The Morgan fingerprint density at radius 2 is 0.637 bits per heavy atom. The minimum absolute atomic E-state index is 0.0120. The summed E-state index contributed by atoms with van der Waals surface area (Å²) in [6, 6.07) is 98.9. The van der Waals surface area contributed by atoms with Crippen molar-refractivity contribution in [1.82, 2.24) is 9.13 Å². The Balaban J connectivity index is 0.946. The first kappa shape index (κ1) is 46.7. The Bertz CT molecular complexity index is 6810. The van der Waals surface area contributed by atoms with Crippen molar-refractivity contribution in [3.63, 3.8) is 0 Å². The van der Waals surface area contributed by atoms with Gasteiger partial charge in [-0.15, -0.1) is 0 Å². The second-order valence-electron chi connectivity index (χ2n) is 25.9. The first-order chi connectivity index (χ1) is 56.0. The van der Waals surface area contributed by atoms with E-state index in [-0.39, 0.29) is 45.1 Å². The zero-order valence-corrected chi connectivity index (χ0v) is 54.8. The summed E-state index contributed by atoms with van der Waals surface area (Å²) in [5, 5.41) is 2.10. The number of nitrogens with zero attached hydrogens (tertiary/aromatic N) is 5. The van der Waals surface area contributed by atoms with Crippen molar-refractivity contribution in [3.8, 4) is 67.0 Å². The molecule has 0 amide bonds. The molecule has 0 atom stereocenters. The van der Waals surface area contributed by atoms with Gasteiger partial charge in [0.2, 0.25) is 0 Å². The van der Waals surface area contributed by atoms with E-state index in [1.54, 1.807) is 4.57 Å². The van der Waals surface area contributed by atoms with Gasteiger partial charge in [0.15, 0.2) is 0 Å².